The van der Waals surface area contributed by atoms with Crippen molar-refractivity contribution in [1.29, 1.82) is 0 Å². The minimum Gasteiger partial charge on any atom is -0.459 e. The number of furan rings is 1. The van der Waals surface area contributed by atoms with Gasteiger partial charge in [-0.05, 0) is 23.8 Å². The van der Waals surface area contributed by atoms with E-state index in [4.69, 9.17) is 21.0 Å². The maximum absolute atomic E-state index is 9.05. The van der Waals surface area contributed by atoms with Crippen molar-refractivity contribution < 1.29 is 9.52 Å². The molecule has 0 fully saturated rings. The summed E-state index contributed by atoms with van der Waals surface area (Å²) < 4.78 is 5.42. The Kier molecular flexibility index (Phi) is 2.57. The molecule has 0 radical (unpaired) electrons. The molecule has 6 heteroatoms. The van der Waals surface area contributed by atoms with Crippen molar-refractivity contribution in [2.75, 3.05) is 11.5 Å². The van der Waals surface area contributed by atoms with Crippen molar-refractivity contribution >= 4 is 22.7 Å². The third-order valence-electron chi connectivity index (χ3n) is 2.87. The van der Waals surface area contributed by atoms with Crippen LogP contribution >= 0.6 is 0 Å². The third-order valence-corrected chi connectivity index (χ3v) is 2.87. The van der Waals surface area contributed by atoms with Crippen LogP contribution in [0.5, 0.6) is 0 Å². The molecule has 2 heterocycles. The van der Waals surface area contributed by atoms with Crippen LogP contribution in [0.4, 0.5) is 11.8 Å². The van der Waals surface area contributed by atoms with E-state index < -0.39 is 0 Å². The summed E-state index contributed by atoms with van der Waals surface area (Å²) in [7, 11) is 0. The van der Waals surface area contributed by atoms with Crippen LogP contribution < -0.4 is 11.5 Å². The Bertz CT molecular complexity index is 751. The molecular formula is C13H12N4O2. The second kappa shape index (κ2) is 4.25. The molecule has 0 saturated heterocycles. The van der Waals surface area contributed by atoms with Crippen molar-refractivity contribution in [2.45, 2.75) is 6.61 Å². The molecule has 96 valence electrons. The van der Waals surface area contributed by atoms with Gasteiger partial charge in [0.1, 0.15) is 23.8 Å². The highest BCUT2D eigenvalue weighted by Gasteiger charge is 2.08. The number of fused-ring (bicyclic) bond motifs is 1. The highest BCUT2D eigenvalue weighted by molar-refractivity contribution is 5.86. The number of aliphatic hydroxyl groups excluding tert-OH is 1. The number of aliphatic hydroxyl groups is 1. The van der Waals surface area contributed by atoms with Gasteiger partial charge in [-0.15, -0.1) is 0 Å². The standard InChI is InChI=1S/C13H12N4O2/c14-12-10(5-16-13(15)17-12)7-1-2-11-8(3-7)4-9(6-18)19-11/h1-5,18H,6H2,(H4,14,15,16,17). The van der Waals surface area contributed by atoms with Gasteiger partial charge in [-0.3, -0.25) is 0 Å². The average Bonchev–Trinajstić information content (AvgIpc) is 2.80. The minimum absolute atomic E-state index is 0.128. The predicted octanol–water partition coefficient (Wildman–Crippen LogP) is 1.55. The van der Waals surface area contributed by atoms with E-state index in [0.29, 0.717) is 22.7 Å². The van der Waals surface area contributed by atoms with Crippen LogP contribution in [-0.4, -0.2) is 15.1 Å². The van der Waals surface area contributed by atoms with E-state index in [9.17, 15) is 0 Å². The number of nitrogens with two attached hydrogens (primary N) is 2. The van der Waals surface area contributed by atoms with E-state index in [-0.39, 0.29) is 12.6 Å². The Labute approximate surface area is 108 Å². The lowest BCUT2D eigenvalue weighted by molar-refractivity contribution is 0.251. The summed E-state index contributed by atoms with van der Waals surface area (Å²) in [4.78, 5) is 7.87. The van der Waals surface area contributed by atoms with Crippen LogP contribution in [0.2, 0.25) is 0 Å². The Morgan fingerprint density at radius 2 is 2.05 bits per heavy atom. The molecule has 0 aliphatic rings. The van der Waals surface area contributed by atoms with E-state index >= 15 is 0 Å². The lowest BCUT2D eigenvalue weighted by Gasteiger charge is -2.04. The van der Waals surface area contributed by atoms with Crippen molar-refractivity contribution in [3.8, 4) is 11.1 Å². The first-order valence-corrected chi connectivity index (χ1v) is 5.69. The van der Waals surface area contributed by atoms with Gasteiger partial charge in [0.05, 0.1) is 0 Å². The molecule has 1 aromatic carbocycles. The van der Waals surface area contributed by atoms with Crippen LogP contribution in [0.3, 0.4) is 0 Å². The van der Waals surface area contributed by atoms with Crippen LogP contribution in [0.25, 0.3) is 22.1 Å². The van der Waals surface area contributed by atoms with Gasteiger partial charge in [0.15, 0.2) is 0 Å². The van der Waals surface area contributed by atoms with Crippen LogP contribution in [0, 0.1) is 0 Å². The number of rotatable bonds is 2. The molecule has 19 heavy (non-hydrogen) atoms. The average molecular weight is 256 g/mol. The summed E-state index contributed by atoms with van der Waals surface area (Å²) in [5.74, 6) is 1.000. The molecule has 5 N–H and O–H groups in total. The molecule has 0 aliphatic heterocycles. The summed E-state index contributed by atoms with van der Waals surface area (Å²) >= 11 is 0. The van der Waals surface area contributed by atoms with Crippen molar-refractivity contribution in [1.82, 2.24) is 9.97 Å². The fourth-order valence-corrected chi connectivity index (χ4v) is 1.98. The Morgan fingerprint density at radius 3 is 2.79 bits per heavy atom. The van der Waals surface area contributed by atoms with Gasteiger partial charge in [0, 0.05) is 17.1 Å². The highest BCUT2D eigenvalue weighted by Crippen LogP contribution is 2.29. The fraction of sp³-hybridized carbons (Fsp3) is 0.0769. The van der Waals surface area contributed by atoms with E-state index in [1.54, 1.807) is 12.3 Å². The molecular weight excluding hydrogens is 244 g/mol. The van der Waals surface area contributed by atoms with Gasteiger partial charge < -0.3 is 21.0 Å². The van der Waals surface area contributed by atoms with Gasteiger partial charge in [-0.2, -0.15) is 4.98 Å². The summed E-state index contributed by atoms with van der Waals surface area (Å²) in [6, 6.07) is 7.37. The zero-order valence-electron chi connectivity index (χ0n) is 10.00. The minimum atomic E-state index is -0.128. The molecule has 3 rings (SSSR count). The smallest absolute Gasteiger partial charge is 0.221 e. The maximum Gasteiger partial charge on any atom is 0.221 e. The molecule has 3 aromatic rings. The zero-order valence-corrected chi connectivity index (χ0v) is 10.00. The van der Waals surface area contributed by atoms with E-state index in [0.717, 1.165) is 10.9 Å². The number of anilines is 2. The first kappa shape index (κ1) is 11.5. The Hall–Kier alpha value is -2.60. The Balaban J connectivity index is 2.14. The molecule has 0 bridgehead atoms. The Morgan fingerprint density at radius 1 is 1.21 bits per heavy atom. The molecule has 2 aromatic heterocycles. The topological polar surface area (TPSA) is 111 Å². The van der Waals surface area contributed by atoms with Crippen molar-refractivity contribution in [2.24, 2.45) is 0 Å². The SMILES string of the molecule is Nc1ncc(-c2ccc3oc(CO)cc3c2)c(N)n1. The molecule has 0 unspecified atom stereocenters. The lowest BCUT2D eigenvalue weighted by Crippen LogP contribution is -2.00. The molecule has 6 nitrogen and oxygen atoms in total. The summed E-state index contributed by atoms with van der Waals surface area (Å²) in [6.07, 6.45) is 1.59. The number of benzene rings is 1. The summed E-state index contributed by atoms with van der Waals surface area (Å²) in [5.41, 5.74) is 13.6. The molecule has 0 amide bonds. The number of hydrogen-bond acceptors (Lipinski definition) is 6. The monoisotopic (exact) mass is 256 g/mol. The maximum atomic E-state index is 9.05. The summed E-state index contributed by atoms with van der Waals surface area (Å²) in [5, 5.41) is 9.94. The first-order chi connectivity index (χ1) is 9.17. The largest absolute Gasteiger partial charge is 0.459 e. The van der Waals surface area contributed by atoms with Gasteiger partial charge in [0.2, 0.25) is 5.95 Å². The van der Waals surface area contributed by atoms with Gasteiger partial charge in [-0.25, -0.2) is 4.98 Å². The summed E-state index contributed by atoms with van der Waals surface area (Å²) in [6.45, 7) is -0.128. The molecule has 0 saturated carbocycles. The first-order valence-electron chi connectivity index (χ1n) is 5.69. The predicted molar refractivity (Wildman–Crippen MR) is 72.0 cm³/mol. The second-order valence-electron chi connectivity index (χ2n) is 4.15. The molecule has 0 atom stereocenters. The van der Waals surface area contributed by atoms with E-state index in [1.807, 2.05) is 18.2 Å². The fourth-order valence-electron chi connectivity index (χ4n) is 1.98. The van der Waals surface area contributed by atoms with Crippen LogP contribution in [0.1, 0.15) is 5.76 Å². The van der Waals surface area contributed by atoms with Gasteiger partial charge >= 0.3 is 0 Å². The molecule has 0 aliphatic carbocycles. The second-order valence-corrected chi connectivity index (χ2v) is 4.15. The number of hydrogen-bond donors (Lipinski definition) is 3. The normalized spacial score (nSPS) is 11.0. The third kappa shape index (κ3) is 1.98. The van der Waals surface area contributed by atoms with E-state index in [2.05, 4.69) is 9.97 Å². The van der Waals surface area contributed by atoms with E-state index in [1.165, 1.54) is 0 Å². The van der Waals surface area contributed by atoms with Gasteiger partial charge in [0.25, 0.3) is 0 Å². The number of aromatic nitrogens is 2. The highest BCUT2D eigenvalue weighted by atomic mass is 16.4. The molecule has 0 spiro atoms. The van der Waals surface area contributed by atoms with Crippen molar-refractivity contribution in [3.63, 3.8) is 0 Å². The van der Waals surface area contributed by atoms with Gasteiger partial charge in [-0.1, -0.05) is 6.07 Å². The van der Waals surface area contributed by atoms with Crippen LogP contribution in [-0.2, 0) is 6.61 Å². The lowest BCUT2D eigenvalue weighted by atomic mass is 10.1. The van der Waals surface area contributed by atoms with Crippen molar-refractivity contribution in [3.05, 3.63) is 36.2 Å². The number of nitrogens with zero attached hydrogens (tertiary/aromatic N) is 2. The zero-order chi connectivity index (χ0) is 13.4. The number of nitrogen functional groups attached to an aromatic ring is 2. The quantitative estimate of drug-likeness (QED) is 0.641. The van der Waals surface area contributed by atoms with Crippen LogP contribution in [0.15, 0.2) is 34.9 Å².